The van der Waals surface area contributed by atoms with Gasteiger partial charge in [-0.15, -0.1) is 0 Å². The monoisotopic (exact) mass is 400 g/mol. The third-order valence-electron chi connectivity index (χ3n) is 4.94. The second-order valence-electron chi connectivity index (χ2n) is 7.06. The quantitative estimate of drug-likeness (QED) is 0.698. The van der Waals surface area contributed by atoms with Crippen LogP contribution in [0, 0.1) is 5.92 Å². The molecule has 0 spiro atoms. The van der Waals surface area contributed by atoms with Crippen molar-refractivity contribution in [2.24, 2.45) is 5.92 Å². The molecule has 1 fully saturated rings. The molecule has 3 rings (SSSR count). The van der Waals surface area contributed by atoms with E-state index >= 15 is 0 Å². The fourth-order valence-electron chi connectivity index (χ4n) is 3.44. The Morgan fingerprint density at radius 2 is 2.00 bits per heavy atom. The first-order valence-corrected chi connectivity index (χ1v) is 10.0. The minimum Gasteiger partial charge on any atom is -0.490 e. The molecule has 1 aliphatic heterocycles. The number of likely N-dealkylation sites (tertiary alicyclic amines) is 1. The van der Waals surface area contributed by atoms with Gasteiger partial charge in [0.05, 0.1) is 38.0 Å². The molecule has 1 saturated heterocycles. The van der Waals surface area contributed by atoms with E-state index in [0.717, 1.165) is 5.56 Å². The van der Waals surface area contributed by atoms with Gasteiger partial charge in [0.2, 0.25) is 11.8 Å². The van der Waals surface area contributed by atoms with Crippen LogP contribution in [0.2, 0.25) is 0 Å². The van der Waals surface area contributed by atoms with Gasteiger partial charge in [0.15, 0.2) is 11.5 Å². The number of carbonyl (C=O) groups excluding carboxylic acids is 2. The molecule has 1 aromatic heterocycles. The van der Waals surface area contributed by atoms with E-state index in [-0.39, 0.29) is 30.2 Å². The van der Waals surface area contributed by atoms with Gasteiger partial charge in [0, 0.05) is 13.0 Å². The van der Waals surface area contributed by atoms with E-state index in [1.54, 1.807) is 17.2 Å². The lowest BCUT2D eigenvalue weighted by Gasteiger charge is -2.19. The first-order valence-electron chi connectivity index (χ1n) is 10.0. The molecule has 0 bridgehead atoms. The number of benzene rings is 1. The molecule has 7 nitrogen and oxygen atoms in total. The van der Waals surface area contributed by atoms with E-state index in [9.17, 15) is 9.59 Å². The molecule has 2 atom stereocenters. The largest absolute Gasteiger partial charge is 0.490 e. The van der Waals surface area contributed by atoms with Crippen molar-refractivity contribution in [3.63, 3.8) is 0 Å². The van der Waals surface area contributed by atoms with Gasteiger partial charge < -0.3 is 24.1 Å². The van der Waals surface area contributed by atoms with Crippen molar-refractivity contribution in [3.8, 4) is 11.5 Å². The van der Waals surface area contributed by atoms with E-state index in [2.05, 4.69) is 5.32 Å². The van der Waals surface area contributed by atoms with E-state index in [1.165, 1.54) is 0 Å². The van der Waals surface area contributed by atoms with E-state index in [4.69, 9.17) is 13.9 Å². The highest BCUT2D eigenvalue weighted by atomic mass is 16.5. The third kappa shape index (κ3) is 5.10. The summed E-state index contributed by atoms with van der Waals surface area (Å²) in [5.74, 6) is 1.54. The fourth-order valence-corrected chi connectivity index (χ4v) is 3.44. The number of nitrogens with one attached hydrogen (secondary N) is 1. The van der Waals surface area contributed by atoms with Crippen LogP contribution < -0.4 is 14.8 Å². The molecular weight excluding hydrogens is 372 g/mol. The number of furan rings is 1. The van der Waals surface area contributed by atoms with Crippen molar-refractivity contribution in [1.82, 2.24) is 10.2 Å². The number of nitrogens with zero attached hydrogens (tertiary/aromatic N) is 1. The molecule has 156 valence electrons. The Balaban J connectivity index is 1.61. The smallest absolute Gasteiger partial charge is 0.225 e. The number of hydrogen-bond acceptors (Lipinski definition) is 5. The van der Waals surface area contributed by atoms with Crippen LogP contribution in [0.5, 0.6) is 11.5 Å². The van der Waals surface area contributed by atoms with Crippen LogP contribution in [-0.2, 0) is 16.1 Å². The van der Waals surface area contributed by atoms with Crippen LogP contribution >= 0.6 is 0 Å². The van der Waals surface area contributed by atoms with Crippen LogP contribution in [0.25, 0.3) is 0 Å². The lowest BCUT2D eigenvalue weighted by molar-refractivity contribution is -0.129. The molecule has 0 radical (unpaired) electrons. The summed E-state index contributed by atoms with van der Waals surface area (Å²) in [6.07, 6.45) is 1.79. The summed E-state index contributed by atoms with van der Waals surface area (Å²) in [4.78, 5) is 26.7. The highest BCUT2D eigenvalue weighted by Crippen LogP contribution is 2.31. The van der Waals surface area contributed by atoms with Gasteiger partial charge in [-0.3, -0.25) is 9.59 Å². The second-order valence-corrected chi connectivity index (χ2v) is 7.06. The lowest BCUT2D eigenvalue weighted by Crippen LogP contribution is -2.34. The Bertz CT molecular complexity index is 834. The Hall–Kier alpha value is -2.96. The van der Waals surface area contributed by atoms with Gasteiger partial charge in [-0.1, -0.05) is 6.07 Å². The zero-order valence-corrected chi connectivity index (χ0v) is 17.1. The molecule has 2 amide bonds. The summed E-state index contributed by atoms with van der Waals surface area (Å²) in [7, 11) is 0. The van der Waals surface area contributed by atoms with Crippen LogP contribution in [-0.4, -0.2) is 36.5 Å². The summed E-state index contributed by atoms with van der Waals surface area (Å²) < 4.78 is 16.6. The summed E-state index contributed by atoms with van der Waals surface area (Å²) in [6, 6.07) is 9.06. The predicted molar refractivity (Wildman–Crippen MR) is 108 cm³/mol. The molecular formula is C22H28N2O5. The normalized spacial score (nSPS) is 17.3. The van der Waals surface area contributed by atoms with Crippen molar-refractivity contribution in [2.75, 3.05) is 19.8 Å². The molecule has 29 heavy (non-hydrogen) atoms. The van der Waals surface area contributed by atoms with Crippen molar-refractivity contribution in [2.45, 2.75) is 39.8 Å². The zero-order chi connectivity index (χ0) is 20.8. The second kappa shape index (κ2) is 9.49. The fraction of sp³-hybridized carbons (Fsp3) is 0.455. The van der Waals surface area contributed by atoms with Gasteiger partial charge >= 0.3 is 0 Å². The molecule has 0 saturated carbocycles. The van der Waals surface area contributed by atoms with Gasteiger partial charge in [-0.2, -0.15) is 0 Å². The Morgan fingerprint density at radius 3 is 2.69 bits per heavy atom. The third-order valence-corrected chi connectivity index (χ3v) is 4.94. The molecule has 1 aromatic carbocycles. The maximum Gasteiger partial charge on any atom is 0.225 e. The van der Waals surface area contributed by atoms with Gasteiger partial charge in [-0.05, 0) is 50.6 Å². The minimum absolute atomic E-state index is 0.0334. The van der Waals surface area contributed by atoms with Crippen LogP contribution in [0.3, 0.4) is 0 Å². The number of carbonyl (C=O) groups is 2. The summed E-state index contributed by atoms with van der Waals surface area (Å²) in [5.41, 5.74) is 0.919. The molecule has 2 unspecified atom stereocenters. The Morgan fingerprint density at radius 1 is 1.24 bits per heavy atom. The van der Waals surface area contributed by atoms with Crippen molar-refractivity contribution in [1.29, 1.82) is 0 Å². The van der Waals surface area contributed by atoms with E-state index in [1.807, 2.05) is 45.0 Å². The zero-order valence-electron chi connectivity index (χ0n) is 17.1. The molecule has 0 aliphatic carbocycles. The maximum atomic E-state index is 12.7. The van der Waals surface area contributed by atoms with Crippen molar-refractivity contribution in [3.05, 3.63) is 47.9 Å². The van der Waals surface area contributed by atoms with Crippen molar-refractivity contribution < 1.29 is 23.5 Å². The average molecular weight is 400 g/mol. The van der Waals surface area contributed by atoms with E-state index < -0.39 is 0 Å². The molecule has 7 heteroatoms. The molecule has 2 aromatic rings. The van der Waals surface area contributed by atoms with Gasteiger partial charge in [0.1, 0.15) is 5.76 Å². The first-order chi connectivity index (χ1) is 14.0. The highest BCUT2D eigenvalue weighted by molar-refractivity contribution is 5.89. The molecule has 1 N–H and O–H groups in total. The van der Waals surface area contributed by atoms with Crippen molar-refractivity contribution >= 4 is 11.8 Å². The molecule has 2 heterocycles. The number of amides is 2. The van der Waals surface area contributed by atoms with Crippen LogP contribution in [0.15, 0.2) is 41.0 Å². The average Bonchev–Trinajstić information content (AvgIpc) is 3.34. The minimum atomic E-state index is -0.367. The van der Waals surface area contributed by atoms with Crippen LogP contribution in [0.4, 0.5) is 0 Å². The Labute approximate surface area is 171 Å². The maximum absolute atomic E-state index is 12.7. The predicted octanol–water partition coefficient (Wildman–Crippen LogP) is 3.30. The number of ether oxygens (including phenoxy) is 2. The lowest BCUT2D eigenvalue weighted by atomic mass is 10.0. The number of hydrogen-bond donors (Lipinski definition) is 1. The van der Waals surface area contributed by atoms with Crippen LogP contribution in [0.1, 0.15) is 44.6 Å². The van der Waals surface area contributed by atoms with Gasteiger partial charge in [0.25, 0.3) is 0 Å². The standard InChI is InChI=1S/C22H28N2O5/c1-4-27-19-9-8-16(11-20(19)28-5-2)15(3)23-22(26)17-12-21(25)24(13-17)14-18-7-6-10-29-18/h6-11,15,17H,4-5,12-14H2,1-3H3,(H,23,26). The Kier molecular flexibility index (Phi) is 6.80. The summed E-state index contributed by atoms with van der Waals surface area (Å²) in [6.45, 7) is 7.62. The van der Waals surface area contributed by atoms with E-state index in [0.29, 0.717) is 43.6 Å². The summed E-state index contributed by atoms with van der Waals surface area (Å²) >= 11 is 0. The molecule has 1 aliphatic rings. The topological polar surface area (TPSA) is 81.0 Å². The first kappa shape index (κ1) is 20.8. The highest BCUT2D eigenvalue weighted by Gasteiger charge is 2.35. The van der Waals surface area contributed by atoms with Gasteiger partial charge in [-0.25, -0.2) is 0 Å². The summed E-state index contributed by atoms with van der Waals surface area (Å²) in [5, 5.41) is 3.02. The SMILES string of the molecule is CCOc1ccc(C(C)NC(=O)C2CC(=O)N(Cc3ccco3)C2)cc1OCC. The number of rotatable bonds is 9.